The molecule has 0 bridgehead atoms. The normalized spacial score (nSPS) is 18.2. The van der Waals surface area contributed by atoms with Gasteiger partial charge < -0.3 is 4.90 Å². The van der Waals surface area contributed by atoms with Crippen LogP contribution >= 0.6 is 11.3 Å². The number of piperidine rings is 1. The number of nitrogens with zero attached hydrogens (tertiary/aromatic N) is 2. The molecule has 0 N–H and O–H groups in total. The van der Waals surface area contributed by atoms with Gasteiger partial charge in [-0.25, -0.2) is 9.37 Å². The third-order valence-electron chi connectivity index (χ3n) is 4.29. The van der Waals surface area contributed by atoms with Gasteiger partial charge in [0.2, 0.25) is 5.91 Å². The first kappa shape index (κ1) is 16.1. The minimum Gasteiger partial charge on any atom is -0.333 e. The summed E-state index contributed by atoms with van der Waals surface area (Å²) in [5, 5.41) is 3.10. The molecule has 1 fully saturated rings. The fourth-order valence-corrected chi connectivity index (χ4v) is 4.00. The van der Waals surface area contributed by atoms with Gasteiger partial charge in [-0.1, -0.05) is 12.1 Å². The second kappa shape index (κ2) is 7.21. The van der Waals surface area contributed by atoms with Crippen LogP contribution in [0.4, 0.5) is 4.39 Å². The van der Waals surface area contributed by atoms with Crippen LogP contribution in [0.5, 0.6) is 0 Å². The first-order valence-electron chi connectivity index (χ1n) is 8.09. The first-order valence-corrected chi connectivity index (χ1v) is 8.97. The number of carbonyl (C=O) groups excluding carboxylic acids is 1. The van der Waals surface area contributed by atoms with Crippen molar-refractivity contribution in [3.63, 3.8) is 0 Å². The van der Waals surface area contributed by atoms with Gasteiger partial charge in [-0.2, -0.15) is 0 Å². The molecule has 1 aliphatic heterocycles. The Morgan fingerprint density at radius 2 is 2.13 bits per heavy atom. The average Bonchev–Trinajstić information content (AvgIpc) is 3.00. The Kier molecular flexibility index (Phi) is 5.06. The number of aryl methyl sites for hydroxylation is 2. The lowest BCUT2D eigenvalue weighted by Crippen LogP contribution is -2.38. The quantitative estimate of drug-likeness (QED) is 0.837. The summed E-state index contributed by atoms with van der Waals surface area (Å²) in [7, 11) is 0. The van der Waals surface area contributed by atoms with Crippen molar-refractivity contribution in [2.75, 3.05) is 6.54 Å². The highest BCUT2D eigenvalue weighted by molar-refractivity contribution is 7.09. The molecular formula is C18H21FN2OS. The van der Waals surface area contributed by atoms with Gasteiger partial charge in [0.1, 0.15) is 10.8 Å². The number of likely N-dealkylation sites (tertiary alicyclic amines) is 1. The predicted octanol–water partition coefficient (Wildman–Crippen LogP) is 4.28. The van der Waals surface area contributed by atoms with Gasteiger partial charge in [-0.05, 0) is 50.3 Å². The maximum absolute atomic E-state index is 12.9. The smallest absolute Gasteiger partial charge is 0.223 e. The topological polar surface area (TPSA) is 33.2 Å². The van der Waals surface area contributed by atoms with E-state index in [9.17, 15) is 9.18 Å². The van der Waals surface area contributed by atoms with Crippen LogP contribution in [0, 0.1) is 12.7 Å². The third kappa shape index (κ3) is 3.96. The van der Waals surface area contributed by atoms with Crippen molar-refractivity contribution < 1.29 is 9.18 Å². The lowest BCUT2D eigenvalue weighted by molar-refractivity contribution is -0.135. The fraction of sp³-hybridized carbons (Fsp3) is 0.444. The Balaban J connectivity index is 1.65. The summed E-state index contributed by atoms with van der Waals surface area (Å²) in [5.41, 5.74) is 2.02. The Labute approximate surface area is 140 Å². The molecule has 1 aromatic heterocycles. The van der Waals surface area contributed by atoms with E-state index in [1.54, 1.807) is 23.5 Å². The van der Waals surface area contributed by atoms with Crippen molar-refractivity contribution in [1.29, 1.82) is 0 Å². The Morgan fingerprint density at radius 3 is 2.83 bits per heavy atom. The van der Waals surface area contributed by atoms with Crippen LogP contribution in [-0.2, 0) is 11.2 Å². The lowest BCUT2D eigenvalue weighted by atomic mass is 10.0. The molecule has 2 aromatic rings. The van der Waals surface area contributed by atoms with E-state index in [1.807, 2.05) is 17.2 Å². The summed E-state index contributed by atoms with van der Waals surface area (Å²) in [6, 6.07) is 6.52. The monoisotopic (exact) mass is 332 g/mol. The van der Waals surface area contributed by atoms with Crippen molar-refractivity contribution in [3.8, 4) is 0 Å². The molecule has 0 aliphatic carbocycles. The molecule has 1 atom stereocenters. The largest absolute Gasteiger partial charge is 0.333 e. The summed E-state index contributed by atoms with van der Waals surface area (Å²) in [6.07, 6.45) is 4.31. The lowest BCUT2D eigenvalue weighted by Gasteiger charge is -2.34. The van der Waals surface area contributed by atoms with E-state index in [0.717, 1.165) is 42.1 Å². The molecule has 0 unspecified atom stereocenters. The number of halogens is 1. The summed E-state index contributed by atoms with van der Waals surface area (Å²) in [5.74, 6) is -0.0674. The molecule has 1 saturated heterocycles. The number of aromatic nitrogens is 1. The van der Waals surface area contributed by atoms with E-state index in [-0.39, 0.29) is 17.8 Å². The predicted molar refractivity (Wildman–Crippen MR) is 89.9 cm³/mol. The number of rotatable bonds is 4. The summed E-state index contributed by atoms with van der Waals surface area (Å²) in [4.78, 5) is 19.2. The van der Waals surface area contributed by atoms with E-state index in [4.69, 9.17) is 0 Å². The maximum Gasteiger partial charge on any atom is 0.223 e. The van der Waals surface area contributed by atoms with E-state index >= 15 is 0 Å². The van der Waals surface area contributed by atoms with Gasteiger partial charge in [-0.3, -0.25) is 4.79 Å². The van der Waals surface area contributed by atoms with E-state index in [1.165, 1.54) is 12.1 Å². The minimum absolute atomic E-state index is 0.128. The van der Waals surface area contributed by atoms with Gasteiger partial charge in [-0.15, -0.1) is 11.3 Å². The molecular weight excluding hydrogens is 311 g/mol. The zero-order chi connectivity index (χ0) is 16.2. The molecule has 122 valence electrons. The van der Waals surface area contributed by atoms with Crippen molar-refractivity contribution in [1.82, 2.24) is 9.88 Å². The van der Waals surface area contributed by atoms with Gasteiger partial charge in [0.15, 0.2) is 0 Å². The number of hydrogen-bond donors (Lipinski definition) is 0. The third-order valence-corrected chi connectivity index (χ3v) is 5.35. The summed E-state index contributed by atoms with van der Waals surface area (Å²) >= 11 is 1.65. The van der Waals surface area contributed by atoms with Crippen molar-refractivity contribution >= 4 is 17.2 Å². The molecule has 3 rings (SSSR count). The molecule has 23 heavy (non-hydrogen) atoms. The maximum atomic E-state index is 12.9. The highest BCUT2D eigenvalue weighted by atomic mass is 32.1. The molecule has 5 heteroatoms. The number of amides is 1. The van der Waals surface area contributed by atoms with Crippen LogP contribution in [0.25, 0.3) is 0 Å². The van der Waals surface area contributed by atoms with E-state index < -0.39 is 0 Å². The van der Waals surface area contributed by atoms with Crippen molar-refractivity contribution in [3.05, 3.63) is 51.7 Å². The number of benzene rings is 1. The second-order valence-corrected chi connectivity index (χ2v) is 6.94. The van der Waals surface area contributed by atoms with Crippen molar-refractivity contribution in [2.24, 2.45) is 0 Å². The van der Waals surface area contributed by atoms with Crippen molar-refractivity contribution in [2.45, 2.75) is 45.1 Å². The molecule has 2 heterocycles. The molecule has 1 aromatic carbocycles. The second-order valence-electron chi connectivity index (χ2n) is 6.05. The highest BCUT2D eigenvalue weighted by Gasteiger charge is 2.29. The number of carbonyl (C=O) groups is 1. The first-order chi connectivity index (χ1) is 11.1. The highest BCUT2D eigenvalue weighted by Crippen LogP contribution is 2.33. The van der Waals surface area contributed by atoms with Crippen LogP contribution in [0.1, 0.15) is 48.0 Å². The van der Waals surface area contributed by atoms with Gasteiger partial charge >= 0.3 is 0 Å². The number of hydrogen-bond acceptors (Lipinski definition) is 3. The minimum atomic E-state index is -0.240. The average molecular weight is 332 g/mol. The van der Waals surface area contributed by atoms with Crippen LogP contribution in [0.3, 0.4) is 0 Å². The molecule has 1 aliphatic rings. The fourth-order valence-electron chi connectivity index (χ4n) is 3.06. The van der Waals surface area contributed by atoms with Crippen LogP contribution in [-0.4, -0.2) is 22.3 Å². The van der Waals surface area contributed by atoms with Gasteiger partial charge in [0.25, 0.3) is 0 Å². The zero-order valence-corrected chi connectivity index (χ0v) is 14.1. The summed E-state index contributed by atoms with van der Waals surface area (Å²) in [6.45, 7) is 2.80. The van der Waals surface area contributed by atoms with E-state index in [0.29, 0.717) is 12.8 Å². The summed E-state index contributed by atoms with van der Waals surface area (Å²) < 4.78 is 12.9. The zero-order valence-electron chi connectivity index (χ0n) is 13.3. The van der Waals surface area contributed by atoms with E-state index in [2.05, 4.69) is 4.98 Å². The van der Waals surface area contributed by atoms with Crippen LogP contribution in [0.15, 0.2) is 29.6 Å². The molecule has 0 radical (unpaired) electrons. The molecule has 0 spiro atoms. The Bertz CT molecular complexity index is 668. The SMILES string of the molecule is Cc1csc([C@H]2CCCCN2C(=O)CCc2ccc(F)cc2)n1. The number of thiazole rings is 1. The van der Waals surface area contributed by atoms with Gasteiger partial charge in [0, 0.05) is 24.0 Å². The Morgan fingerprint density at radius 1 is 1.35 bits per heavy atom. The standard InChI is InChI=1S/C18H21FN2OS/c1-13-12-23-18(20-13)16-4-2-3-11-21(16)17(22)10-7-14-5-8-15(19)9-6-14/h5-6,8-9,12,16H,2-4,7,10-11H2,1H3/t16-/m1/s1. The van der Waals surface area contributed by atoms with Crippen LogP contribution in [0.2, 0.25) is 0 Å². The molecule has 0 saturated carbocycles. The molecule has 3 nitrogen and oxygen atoms in total. The Hall–Kier alpha value is -1.75. The van der Waals surface area contributed by atoms with Crippen LogP contribution < -0.4 is 0 Å². The van der Waals surface area contributed by atoms with Gasteiger partial charge in [0.05, 0.1) is 6.04 Å². The molecule has 1 amide bonds.